The second-order valence-electron chi connectivity index (χ2n) is 3.81. The maximum absolute atomic E-state index is 13.2. The predicted octanol–water partition coefficient (Wildman–Crippen LogP) is 3.30. The zero-order valence-electron chi connectivity index (χ0n) is 9.87. The van der Waals surface area contributed by atoms with Gasteiger partial charge in [0.25, 0.3) is 0 Å². The highest BCUT2D eigenvalue weighted by molar-refractivity contribution is 5.85. The summed E-state index contributed by atoms with van der Waals surface area (Å²) in [4.78, 5) is 0. The molecule has 0 spiro atoms. The minimum Gasteiger partial charge on any atom is -0.494 e. The van der Waals surface area contributed by atoms with Gasteiger partial charge in [0, 0.05) is 6.04 Å². The Balaban J connectivity index is 0.00000225. The molecule has 0 aliphatic heterocycles. The van der Waals surface area contributed by atoms with E-state index in [1.54, 1.807) is 12.1 Å². The molecule has 0 saturated carbocycles. The lowest BCUT2D eigenvalue weighted by molar-refractivity contribution is 0.383. The summed E-state index contributed by atoms with van der Waals surface area (Å²) in [5.74, 6) is 0.282. The number of hydrogen-bond acceptors (Lipinski definition) is 2. The molecule has 0 heterocycles. The molecule has 1 rings (SSSR count). The number of hydrogen-bond donors (Lipinski definition) is 1. The van der Waals surface area contributed by atoms with Gasteiger partial charge in [-0.1, -0.05) is 26.3 Å². The van der Waals surface area contributed by atoms with Crippen molar-refractivity contribution < 1.29 is 9.13 Å². The first-order valence-corrected chi connectivity index (χ1v) is 5.19. The Morgan fingerprint density at radius 3 is 2.56 bits per heavy atom. The lowest BCUT2D eigenvalue weighted by Crippen LogP contribution is -2.18. The Labute approximate surface area is 102 Å². The van der Waals surface area contributed by atoms with Gasteiger partial charge in [0.1, 0.15) is 0 Å². The molecular formula is C12H19ClFNO. The van der Waals surface area contributed by atoms with Gasteiger partial charge in [-0.3, -0.25) is 0 Å². The fraction of sp³-hybridized carbons (Fsp3) is 0.500. The first-order chi connectivity index (χ1) is 7.10. The van der Waals surface area contributed by atoms with Crippen LogP contribution < -0.4 is 10.5 Å². The van der Waals surface area contributed by atoms with Gasteiger partial charge < -0.3 is 10.5 Å². The highest BCUT2D eigenvalue weighted by Crippen LogP contribution is 2.26. The topological polar surface area (TPSA) is 35.2 Å². The van der Waals surface area contributed by atoms with Crippen molar-refractivity contribution in [1.82, 2.24) is 0 Å². The highest BCUT2D eigenvalue weighted by Gasteiger charge is 2.14. The molecule has 2 atom stereocenters. The van der Waals surface area contributed by atoms with Crippen LogP contribution >= 0.6 is 12.4 Å². The van der Waals surface area contributed by atoms with Crippen LogP contribution in [-0.2, 0) is 0 Å². The molecule has 1 aromatic carbocycles. The average molecular weight is 248 g/mol. The summed E-state index contributed by atoms with van der Waals surface area (Å²) in [5.41, 5.74) is 6.96. The molecule has 0 aromatic heterocycles. The van der Waals surface area contributed by atoms with Crippen LogP contribution in [0, 0.1) is 11.7 Å². The van der Waals surface area contributed by atoms with Crippen molar-refractivity contribution in [2.45, 2.75) is 26.3 Å². The van der Waals surface area contributed by atoms with Crippen molar-refractivity contribution in [3.05, 3.63) is 29.6 Å². The van der Waals surface area contributed by atoms with Crippen molar-refractivity contribution in [2.75, 3.05) is 7.11 Å². The Bertz CT molecular complexity index is 333. The maximum atomic E-state index is 13.2. The van der Waals surface area contributed by atoms with E-state index in [1.165, 1.54) is 13.2 Å². The van der Waals surface area contributed by atoms with E-state index in [4.69, 9.17) is 10.5 Å². The van der Waals surface area contributed by atoms with Crippen molar-refractivity contribution in [3.63, 3.8) is 0 Å². The summed E-state index contributed by atoms with van der Waals surface area (Å²) in [5, 5.41) is 0. The van der Waals surface area contributed by atoms with E-state index >= 15 is 0 Å². The number of halogens is 2. The minimum atomic E-state index is -0.349. The first kappa shape index (κ1) is 15.2. The van der Waals surface area contributed by atoms with Crippen LogP contribution in [0.5, 0.6) is 5.75 Å². The van der Waals surface area contributed by atoms with Gasteiger partial charge in [-0.15, -0.1) is 12.4 Å². The molecule has 2 nitrogen and oxygen atoms in total. The van der Waals surface area contributed by atoms with E-state index < -0.39 is 0 Å². The quantitative estimate of drug-likeness (QED) is 0.886. The van der Waals surface area contributed by atoms with Crippen LogP contribution in [0.2, 0.25) is 0 Å². The second kappa shape index (κ2) is 6.71. The largest absolute Gasteiger partial charge is 0.494 e. The van der Waals surface area contributed by atoms with Crippen LogP contribution in [0.1, 0.15) is 31.9 Å². The van der Waals surface area contributed by atoms with Crippen LogP contribution in [0.3, 0.4) is 0 Å². The Kier molecular flexibility index (Phi) is 6.38. The summed E-state index contributed by atoms with van der Waals surface area (Å²) < 4.78 is 18.1. The monoisotopic (exact) mass is 247 g/mol. The third-order valence-electron chi connectivity index (χ3n) is 2.82. The van der Waals surface area contributed by atoms with Crippen molar-refractivity contribution >= 4 is 12.4 Å². The molecule has 0 radical (unpaired) electrons. The van der Waals surface area contributed by atoms with Crippen molar-refractivity contribution in [2.24, 2.45) is 11.7 Å². The molecule has 0 aliphatic rings. The van der Waals surface area contributed by atoms with E-state index in [9.17, 15) is 4.39 Å². The standard InChI is InChI=1S/C12H18FNO.ClH/c1-4-8(2)12(14)9-5-6-10(13)11(7-9)15-3;/h5-8,12H,4,14H2,1-3H3;1H/t8?,12-;/m1./s1. The highest BCUT2D eigenvalue weighted by atomic mass is 35.5. The Hall–Kier alpha value is -0.800. The van der Waals surface area contributed by atoms with Gasteiger partial charge in [-0.05, 0) is 23.6 Å². The van der Waals surface area contributed by atoms with Gasteiger partial charge in [-0.25, -0.2) is 4.39 Å². The van der Waals surface area contributed by atoms with E-state index in [1.807, 2.05) is 0 Å². The molecule has 0 fully saturated rings. The van der Waals surface area contributed by atoms with E-state index in [0.717, 1.165) is 12.0 Å². The zero-order valence-corrected chi connectivity index (χ0v) is 10.7. The smallest absolute Gasteiger partial charge is 0.165 e. The van der Waals surface area contributed by atoms with Crippen LogP contribution in [-0.4, -0.2) is 7.11 Å². The lowest BCUT2D eigenvalue weighted by atomic mass is 9.93. The summed E-state index contributed by atoms with van der Waals surface area (Å²) in [6.45, 7) is 4.17. The zero-order chi connectivity index (χ0) is 11.4. The summed E-state index contributed by atoms with van der Waals surface area (Å²) in [7, 11) is 1.46. The summed E-state index contributed by atoms with van der Waals surface area (Å²) >= 11 is 0. The molecule has 1 unspecified atom stereocenters. The fourth-order valence-corrected chi connectivity index (χ4v) is 1.47. The van der Waals surface area contributed by atoms with Gasteiger partial charge in [0.05, 0.1) is 7.11 Å². The van der Waals surface area contributed by atoms with Crippen LogP contribution in [0.25, 0.3) is 0 Å². The number of methoxy groups -OCH3 is 1. The van der Waals surface area contributed by atoms with Gasteiger partial charge in [0.15, 0.2) is 11.6 Å². The van der Waals surface area contributed by atoms with Crippen molar-refractivity contribution in [1.29, 1.82) is 0 Å². The van der Waals surface area contributed by atoms with E-state index in [0.29, 0.717) is 5.92 Å². The number of rotatable bonds is 4. The van der Waals surface area contributed by atoms with E-state index in [-0.39, 0.29) is 30.0 Å². The average Bonchev–Trinajstić information content (AvgIpc) is 2.27. The number of nitrogens with two attached hydrogens (primary N) is 1. The van der Waals surface area contributed by atoms with Crippen molar-refractivity contribution in [3.8, 4) is 5.75 Å². The molecule has 92 valence electrons. The normalized spacial score (nSPS) is 13.8. The second-order valence-corrected chi connectivity index (χ2v) is 3.81. The maximum Gasteiger partial charge on any atom is 0.165 e. The van der Waals surface area contributed by atoms with Gasteiger partial charge in [0.2, 0.25) is 0 Å². The number of benzene rings is 1. The summed E-state index contributed by atoms with van der Waals surface area (Å²) in [6.07, 6.45) is 1.00. The Morgan fingerprint density at radius 2 is 2.06 bits per heavy atom. The predicted molar refractivity (Wildman–Crippen MR) is 66.6 cm³/mol. The molecular weight excluding hydrogens is 229 g/mol. The van der Waals surface area contributed by atoms with Crippen LogP contribution in [0.15, 0.2) is 18.2 Å². The molecule has 4 heteroatoms. The number of ether oxygens (including phenoxy) is 1. The van der Waals surface area contributed by atoms with Gasteiger partial charge >= 0.3 is 0 Å². The Morgan fingerprint density at radius 1 is 1.44 bits per heavy atom. The molecule has 1 aromatic rings. The molecule has 16 heavy (non-hydrogen) atoms. The summed E-state index contributed by atoms with van der Waals surface area (Å²) in [6, 6.07) is 4.72. The van der Waals surface area contributed by atoms with Gasteiger partial charge in [-0.2, -0.15) is 0 Å². The fourth-order valence-electron chi connectivity index (χ4n) is 1.47. The molecule has 2 N–H and O–H groups in total. The molecule has 0 bridgehead atoms. The molecule has 0 amide bonds. The third-order valence-corrected chi connectivity index (χ3v) is 2.82. The molecule has 0 saturated heterocycles. The SMILES string of the molecule is CCC(C)[C@@H](N)c1ccc(F)c(OC)c1.Cl. The van der Waals surface area contributed by atoms with E-state index in [2.05, 4.69) is 13.8 Å². The first-order valence-electron chi connectivity index (χ1n) is 5.19. The minimum absolute atomic E-state index is 0. The lowest BCUT2D eigenvalue weighted by Gasteiger charge is -2.19. The van der Waals surface area contributed by atoms with Crippen LogP contribution in [0.4, 0.5) is 4.39 Å². The molecule has 0 aliphatic carbocycles. The third kappa shape index (κ3) is 3.35.